The summed E-state index contributed by atoms with van der Waals surface area (Å²) in [5.74, 6) is 2.11. The van der Waals surface area contributed by atoms with Gasteiger partial charge in [0.25, 0.3) is 0 Å². The number of nitrogens with one attached hydrogen (secondary N) is 2. The number of morpholine rings is 2. The van der Waals surface area contributed by atoms with Crippen molar-refractivity contribution in [1.82, 2.24) is 29.9 Å². The number of hydrogen-bond donors (Lipinski definition) is 3. The fraction of sp³-hybridized carbons (Fsp3) is 0.200. The van der Waals surface area contributed by atoms with Crippen molar-refractivity contribution in [2.24, 2.45) is 0 Å². The maximum Gasteiger partial charge on any atom is 1.00 e. The van der Waals surface area contributed by atoms with E-state index in [1.165, 1.54) is 12.1 Å². The summed E-state index contributed by atoms with van der Waals surface area (Å²) >= 11 is 0. The van der Waals surface area contributed by atoms with Gasteiger partial charge in [0.15, 0.2) is 11.6 Å². The molecule has 16 nitrogen and oxygen atoms in total. The van der Waals surface area contributed by atoms with Crippen LogP contribution in [0, 0.1) is 0 Å². The third kappa shape index (κ3) is 9.76. The van der Waals surface area contributed by atoms with E-state index in [0.717, 1.165) is 22.5 Å². The molecule has 4 heterocycles. The van der Waals surface area contributed by atoms with E-state index in [1.54, 1.807) is 12.1 Å². The number of nitrogen functional groups attached to an aromatic ring is 1. The van der Waals surface area contributed by atoms with E-state index < -0.39 is 15.0 Å². The topological polar surface area (TPSA) is 210 Å². The van der Waals surface area contributed by atoms with Crippen molar-refractivity contribution in [1.29, 1.82) is 0 Å². The maximum atomic E-state index is 12.8. The SMILES string of the molecule is Nc1c(-c2nc(Nc3ccccc3)nc(N3CCOCC3)n2)ccc(C=Cc2ccc(-c3nc(Nc4ccccc4)nc(N4CCOCC4)n3)cc2)c1S(=O)(=O)[O-].[Na+]. The number of nitrogens with zero attached hydrogens (tertiary/aromatic N) is 8. The van der Waals surface area contributed by atoms with E-state index >= 15 is 0 Å². The smallest absolute Gasteiger partial charge is 0.744 e. The van der Waals surface area contributed by atoms with Crippen LogP contribution in [-0.2, 0) is 19.6 Å². The van der Waals surface area contributed by atoms with Gasteiger partial charge in [-0.15, -0.1) is 0 Å². The number of nitrogens with two attached hydrogens (primary N) is 1. The van der Waals surface area contributed by atoms with Crippen LogP contribution in [0.4, 0.5) is 40.9 Å². The molecule has 0 bridgehead atoms. The Labute approximate surface area is 357 Å². The van der Waals surface area contributed by atoms with Crippen molar-refractivity contribution in [2.75, 3.05) is 78.8 Å². The Morgan fingerprint density at radius 1 is 0.621 bits per heavy atom. The first kappa shape index (κ1) is 40.7. The van der Waals surface area contributed by atoms with E-state index in [4.69, 9.17) is 25.2 Å². The van der Waals surface area contributed by atoms with Crippen LogP contribution in [0.3, 0.4) is 0 Å². The average molecular weight is 808 g/mol. The van der Waals surface area contributed by atoms with Crippen LogP contribution in [-0.4, -0.2) is 95.5 Å². The molecule has 0 aliphatic carbocycles. The third-order valence-electron chi connectivity index (χ3n) is 9.24. The Morgan fingerprint density at radius 3 is 1.64 bits per heavy atom. The third-order valence-corrected chi connectivity index (χ3v) is 10.2. The van der Waals surface area contributed by atoms with Crippen LogP contribution >= 0.6 is 0 Å². The average Bonchev–Trinajstić information content (AvgIpc) is 3.24. The number of para-hydroxylation sites is 2. The predicted molar refractivity (Wildman–Crippen MR) is 217 cm³/mol. The van der Waals surface area contributed by atoms with Crippen molar-refractivity contribution in [3.05, 3.63) is 108 Å². The molecule has 0 radical (unpaired) electrons. The van der Waals surface area contributed by atoms with Crippen LogP contribution in [0.1, 0.15) is 11.1 Å². The second-order valence-electron chi connectivity index (χ2n) is 13.1. The minimum atomic E-state index is -5.05. The van der Waals surface area contributed by atoms with Crippen LogP contribution < -0.4 is 55.7 Å². The van der Waals surface area contributed by atoms with Crippen molar-refractivity contribution < 1.29 is 52.0 Å². The van der Waals surface area contributed by atoms with Crippen LogP contribution in [0.2, 0.25) is 0 Å². The molecular weight excluding hydrogens is 770 g/mol. The van der Waals surface area contributed by atoms with Gasteiger partial charge in [-0.05, 0) is 41.5 Å². The number of benzene rings is 4. The van der Waals surface area contributed by atoms with Crippen LogP contribution in [0.15, 0.2) is 102 Å². The fourth-order valence-corrected chi connectivity index (χ4v) is 7.16. The minimum Gasteiger partial charge on any atom is -0.744 e. The molecule has 2 fully saturated rings. The van der Waals surface area contributed by atoms with E-state index in [0.29, 0.717) is 76.3 Å². The Morgan fingerprint density at radius 2 is 1.12 bits per heavy atom. The number of anilines is 7. The summed E-state index contributed by atoms with van der Waals surface area (Å²) in [6.07, 6.45) is 3.24. The molecule has 18 heteroatoms. The van der Waals surface area contributed by atoms with E-state index in [1.807, 2.05) is 89.8 Å². The molecule has 4 aromatic carbocycles. The molecule has 0 spiro atoms. The van der Waals surface area contributed by atoms with Crippen molar-refractivity contribution in [3.63, 3.8) is 0 Å². The summed E-state index contributed by atoms with van der Waals surface area (Å²) in [6, 6.07) is 29.5. The van der Waals surface area contributed by atoms with Gasteiger partial charge in [-0.25, -0.2) is 8.42 Å². The largest absolute Gasteiger partial charge is 1.00 e. The standard InChI is InChI=1S/C40H39N11O5S.Na/c41-33-32(36-45-38(43-31-9-5-2-6-10-31)49-40(47-36)51-21-25-56-26-22-51)18-17-28(34(33)57(52,53)54)14-11-27-12-15-29(16-13-27)35-44-37(42-30-7-3-1-4-8-30)48-39(46-35)50-19-23-55-24-20-50;/h1-18H,19-26,41H2,(H,52,53,54)(H,42,44,46,48)(H,43,45,47,49);/q;+1/p-1. The monoisotopic (exact) mass is 807 g/mol. The molecule has 0 amide bonds. The number of ether oxygens (including phenoxy) is 2. The van der Waals surface area contributed by atoms with Gasteiger partial charge < -0.3 is 40.2 Å². The second kappa shape index (κ2) is 18.4. The molecule has 2 aromatic heterocycles. The van der Waals surface area contributed by atoms with Gasteiger partial charge in [-0.3, -0.25) is 0 Å². The first-order chi connectivity index (χ1) is 27.8. The predicted octanol–water partition coefficient (Wildman–Crippen LogP) is 2.21. The van der Waals surface area contributed by atoms with Gasteiger partial charge in [0.2, 0.25) is 23.8 Å². The minimum absolute atomic E-state index is 0. The molecule has 0 unspecified atom stereocenters. The second-order valence-corrected chi connectivity index (χ2v) is 14.4. The molecule has 0 atom stereocenters. The van der Waals surface area contributed by atoms with Crippen LogP contribution in [0.5, 0.6) is 0 Å². The maximum absolute atomic E-state index is 12.8. The van der Waals surface area contributed by atoms with Gasteiger partial charge in [0.1, 0.15) is 10.1 Å². The summed E-state index contributed by atoms with van der Waals surface area (Å²) in [5.41, 5.74) is 9.58. The van der Waals surface area contributed by atoms with Gasteiger partial charge in [-0.2, -0.15) is 29.9 Å². The fourth-order valence-electron chi connectivity index (χ4n) is 6.35. The first-order valence-corrected chi connectivity index (χ1v) is 19.7. The van der Waals surface area contributed by atoms with Gasteiger partial charge in [0.05, 0.1) is 37.0 Å². The van der Waals surface area contributed by atoms with E-state index in [9.17, 15) is 13.0 Å². The number of aromatic nitrogens is 6. The van der Waals surface area contributed by atoms with E-state index in [2.05, 4.69) is 35.5 Å². The van der Waals surface area contributed by atoms with Crippen molar-refractivity contribution in [3.8, 4) is 22.8 Å². The summed E-state index contributed by atoms with van der Waals surface area (Å²) in [6.45, 7) is 4.55. The molecule has 2 saturated heterocycles. The molecule has 2 aliphatic heterocycles. The quantitative estimate of drug-likeness (QED) is 0.0742. The first-order valence-electron chi connectivity index (χ1n) is 18.3. The molecule has 4 N–H and O–H groups in total. The normalized spacial score (nSPS) is 14.6. The van der Waals surface area contributed by atoms with Crippen molar-refractivity contribution in [2.45, 2.75) is 4.90 Å². The Kier molecular flexibility index (Phi) is 12.9. The molecule has 8 rings (SSSR count). The zero-order valence-corrected chi connectivity index (χ0v) is 34.5. The zero-order valence-electron chi connectivity index (χ0n) is 31.7. The molecular formula is C40H38N11NaO5S. The molecule has 58 heavy (non-hydrogen) atoms. The van der Waals surface area contributed by atoms with Gasteiger partial charge in [-0.1, -0.05) is 78.9 Å². The molecule has 290 valence electrons. The Balaban J connectivity index is 0.00000512. The summed E-state index contributed by atoms with van der Waals surface area (Å²) in [4.78, 5) is 31.5. The summed E-state index contributed by atoms with van der Waals surface area (Å²) < 4.78 is 49.4. The van der Waals surface area contributed by atoms with E-state index in [-0.39, 0.29) is 58.1 Å². The molecule has 6 aromatic rings. The van der Waals surface area contributed by atoms with Gasteiger partial charge >= 0.3 is 29.6 Å². The van der Waals surface area contributed by atoms with Gasteiger partial charge in [0, 0.05) is 48.7 Å². The Bertz CT molecular complexity index is 2490. The summed E-state index contributed by atoms with van der Waals surface area (Å²) in [7, 11) is -5.05. The van der Waals surface area contributed by atoms with Crippen LogP contribution in [0.25, 0.3) is 34.9 Å². The molecule has 0 saturated carbocycles. The molecule has 2 aliphatic rings. The zero-order chi connectivity index (χ0) is 39.2. The number of hydrogen-bond acceptors (Lipinski definition) is 16. The van der Waals surface area contributed by atoms with Crippen molar-refractivity contribution >= 4 is 63.1 Å². The number of rotatable bonds is 11. The Hall–Kier alpha value is -5.53. The summed E-state index contributed by atoms with van der Waals surface area (Å²) in [5, 5.41) is 6.45.